The predicted octanol–water partition coefficient (Wildman–Crippen LogP) is 2.72. The number of rotatable bonds is 3. The Morgan fingerprint density at radius 3 is 3.05 bits per heavy atom. The molecule has 2 heterocycles. The van der Waals surface area contributed by atoms with E-state index in [2.05, 4.69) is 5.32 Å². The Morgan fingerprint density at radius 2 is 2.32 bits per heavy atom. The zero-order valence-corrected chi connectivity index (χ0v) is 12.1. The number of carbonyl (C=O) groups is 2. The van der Waals surface area contributed by atoms with Gasteiger partial charge in [0.1, 0.15) is 5.76 Å². The lowest BCUT2D eigenvalue weighted by atomic mass is 9.93. The quantitative estimate of drug-likeness (QED) is 0.884. The molecule has 112 valence electrons. The normalized spacial score (nSPS) is 25.0. The van der Waals surface area contributed by atoms with Crippen LogP contribution in [0.25, 0.3) is 11.3 Å². The summed E-state index contributed by atoms with van der Waals surface area (Å²) in [5, 5.41) is 2.87. The molecule has 2 aromatic rings. The summed E-state index contributed by atoms with van der Waals surface area (Å²) in [5.41, 5.74) is 1.77. The Labute approximate surface area is 127 Å². The molecule has 5 heteroatoms. The van der Waals surface area contributed by atoms with Gasteiger partial charge in [0.05, 0.1) is 24.2 Å². The standard InChI is InChI=1S/C17H15NO4/c1-2-21-15(19)12-9-17(12)11-8-10(14-4-3-7-22-14)5-6-13(11)18-16(17)20/h3-8,12H,2,9H2,1H3,(H,18,20)/t12-,17-/m1/s1. The van der Waals surface area contributed by atoms with Crippen molar-refractivity contribution in [3.05, 3.63) is 42.2 Å². The summed E-state index contributed by atoms with van der Waals surface area (Å²) in [5.74, 6) is -0.0581. The van der Waals surface area contributed by atoms with Crippen molar-refractivity contribution in [3.63, 3.8) is 0 Å². The molecule has 1 saturated carbocycles. The lowest BCUT2D eigenvalue weighted by molar-refractivity contribution is -0.146. The topological polar surface area (TPSA) is 68.5 Å². The van der Waals surface area contributed by atoms with Gasteiger partial charge in [0, 0.05) is 11.3 Å². The van der Waals surface area contributed by atoms with Crippen molar-refractivity contribution in [2.45, 2.75) is 18.8 Å². The summed E-state index contributed by atoms with van der Waals surface area (Å²) in [4.78, 5) is 24.4. The smallest absolute Gasteiger partial charge is 0.310 e. The highest BCUT2D eigenvalue weighted by Gasteiger charge is 2.68. The fourth-order valence-corrected chi connectivity index (χ4v) is 3.31. The van der Waals surface area contributed by atoms with E-state index in [0.29, 0.717) is 13.0 Å². The van der Waals surface area contributed by atoms with E-state index in [1.165, 1.54) is 0 Å². The van der Waals surface area contributed by atoms with E-state index >= 15 is 0 Å². The van der Waals surface area contributed by atoms with Crippen LogP contribution in [-0.2, 0) is 19.7 Å². The monoisotopic (exact) mass is 297 g/mol. The van der Waals surface area contributed by atoms with Crippen molar-refractivity contribution in [1.82, 2.24) is 0 Å². The van der Waals surface area contributed by atoms with E-state index in [9.17, 15) is 9.59 Å². The lowest BCUT2D eigenvalue weighted by Crippen LogP contribution is -2.25. The van der Waals surface area contributed by atoms with Gasteiger partial charge in [-0.05, 0) is 49.2 Å². The van der Waals surface area contributed by atoms with Crippen LogP contribution in [0.4, 0.5) is 5.69 Å². The maximum Gasteiger partial charge on any atom is 0.310 e. The van der Waals surface area contributed by atoms with Gasteiger partial charge in [-0.2, -0.15) is 0 Å². The molecule has 0 unspecified atom stereocenters. The third-order valence-electron chi connectivity index (χ3n) is 4.49. The van der Waals surface area contributed by atoms with E-state index in [1.54, 1.807) is 13.2 Å². The number of fused-ring (bicyclic) bond motifs is 2. The third kappa shape index (κ3) is 1.65. The second-order valence-electron chi connectivity index (χ2n) is 5.67. The Morgan fingerprint density at radius 1 is 1.45 bits per heavy atom. The lowest BCUT2D eigenvalue weighted by Gasteiger charge is -2.09. The molecule has 0 saturated heterocycles. The van der Waals surface area contributed by atoms with Gasteiger partial charge in [-0.25, -0.2) is 0 Å². The van der Waals surface area contributed by atoms with E-state index < -0.39 is 5.41 Å². The molecule has 0 bridgehead atoms. The third-order valence-corrected chi connectivity index (χ3v) is 4.49. The molecule has 1 aromatic carbocycles. The van der Waals surface area contributed by atoms with Gasteiger partial charge in [-0.1, -0.05) is 0 Å². The molecule has 22 heavy (non-hydrogen) atoms. The molecule has 5 nitrogen and oxygen atoms in total. The zero-order chi connectivity index (χ0) is 15.3. The Bertz CT molecular complexity index is 765. The first-order valence-electron chi connectivity index (χ1n) is 7.33. The fourth-order valence-electron chi connectivity index (χ4n) is 3.31. The molecule has 2 atom stereocenters. The van der Waals surface area contributed by atoms with Gasteiger partial charge in [-0.3, -0.25) is 9.59 Å². The summed E-state index contributed by atoms with van der Waals surface area (Å²) < 4.78 is 10.5. The molecule has 1 fully saturated rings. The highest BCUT2D eigenvalue weighted by atomic mass is 16.5. The molecular formula is C17H15NO4. The average molecular weight is 297 g/mol. The van der Waals surface area contributed by atoms with Crippen LogP contribution >= 0.6 is 0 Å². The number of furan rings is 1. The van der Waals surface area contributed by atoms with Crippen LogP contribution in [-0.4, -0.2) is 18.5 Å². The van der Waals surface area contributed by atoms with Crippen molar-refractivity contribution in [1.29, 1.82) is 0 Å². The van der Waals surface area contributed by atoms with Crippen LogP contribution in [0.1, 0.15) is 18.9 Å². The van der Waals surface area contributed by atoms with Gasteiger partial charge >= 0.3 is 5.97 Å². The van der Waals surface area contributed by atoms with Crippen LogP contribution in [0.2, 0.25) is 0 Å². The number of ether oxygens (including phenoxy) is 1. The first kappa shape index (κ1) is 13.1. The fraction of sp³-hybridized carbons (Fsp3) is 0.294. The number of amides is 1. The van der Waals surface area contributed by atoms with Gasteiger partial charge < -0.3 is 14.5 Å². The minimum atomic E-state index is -0.760. The molecule has 1 amide bonds. The number of hydrogen-bond acceptors (Lipinski definition) is 4. The predicted molar refractivity (Wildman–Crippen MR) is 79.2 cm³/mol. The molecule has 1 aliphatic heterocycles. The van der Waals surface area contributed by atoms with Crippen LogP contribution in [0.3, 0.4) is 0 Å². The first-order valence-corrected chi connectivity index (χ1v) is 7.33. The van der Waals surface area contributed by atoms with E-state index in [0.717, 1.165) is 22.6 Å². The van der Waals surface area contributed by atoms with Crippen molar-refractivity contribution in [3.8, 4) is 11.3 Å². The number of esters is 1. The summed E-state index contributed by atoms with van der Waals surface area (Å²) in [7, 11) is 0. The second kappa shape index (κ2) is 4.47. The maximum atomic E-state index is 12.4. The van der Waals surface area contributed by atoms with Crippen molar-refractivity contribution in [2.75, 3.05) is 11.9 Å². The van der Waals surface area contributed by atoms with Crippen LogP contribution in [0, 0.1) is 5.92 Å². The SMILES string of the molecule is CCOC(=O)[C@H]1C[C@]12C(=O)Nc1ccc(-c3ccco3)cc12. The Balaban J connectivity index is 1.75. The van der Waals surface area contributed by atoms with Gasteiger partial charge in [0.25, 0.3) is 0 Å². The highest BCUT2D eigenvalue weighted by molar-refractivity contribution is 6.12. The molecule has 4 rings (SSSR count). The minimum Gasteiger partial charge on any atom is -0.466 e. The van der Waals surface area contributed by atoms with Crippen LogP contribution in [0.15, 0.2) is 41.0 Å². The van der Waals surface area contributed by atoms with Gasteiger partial charge in [0.2, 0.25) is 5.91 Å². The van der Waals surface area contributed by atoms with Crippen molar-refractivity contribution in [2.24, 2.45) is 5.92 Å². The minimum absolute atomic E-state index is 0.114. The number of benzene rings is 1. The summed E-state index contributed by atoms with van der Waals surface area (Å²) in [6.07, 6.45) is 2.12. The summed E-state index contributed by atoms with van der Waals surface area (Å²) in [6.45, 7) is 2.09. The summed E-state index contributed by atoms with van der Waals surface area (Å²) >= 11 is 0. The van der Waals surface area contributed by atoms with E-state index in [4.69, 9.17) is 9.15 Å². The number of carbonyl (C=O) groups excluding carboxylic acids is 2. The second-order valence-corrected chi connectivity index (χ2v) is 5.67. The summed E-state index contributed by atoms with van der Waals surface area (Å²) in [6, 6.07) is 9.39. The zero-order valence-electron chi connectivity index (χ0n) is 12.1. The number of nitrogens with one attached hydrogen (secondary N) is 1. The van der Waals surface area contributed by atoms with Crippen molar-refractivity contribution < 1.29 is 18.7 Å². The van der Waals surface area contributed by atoms with Gasteiger partial charge in [-0.15, -0.1) is 0 Å². The largest absolute Gasteiger partial charge is 0.466 e. The van der Waals surface area contributed by atoms with E-state index in [1.807, 2.05) is 30.3 Å². The maximum absolute atomic E-state index is 12.4. The molecule has 1 spiro atoms. The average Bonchev–Trinajstić information content (AvgIpc) is 2.90. The molecular weight excluding hydrogens is 282 g/mol. The Hall–Kier alpha value is -2.56. The Kier molecular flexibility index (Phi) is 2.66. The van der Waals surface area contributed by atoms with Crippen LogP contribution in [0.5, 0.6) is 0 Å². The molecule has 1 aliphatic carbocycles. The van der Waals surface area contributed by atoms with Crippen LogP contribution < -0.4 is 5.32 Å². The molecule has 1 aromatic heterocycles. The van der Waals surface area contributed by atoms with E-state index in [-0.39, 0.29) is 17.8 Å². The molecule has 0 radical (unpaired) electrons. The van der Waals surface area contributed by atoms with Gasteiger partial charge in [0.15, 0.2) is 0 Å². The molecule has 2 aliphatic rings. The molecule has 1 N–H and O–H groups in total. The highest BCUT2D eigenvalue weighted by Crippen LogP contribution is 2.60. The van der Waals surface area contributed by atoms with Crippen molar-refractivity contribution >= 4 is 17.6 Å². The number of hydrogen-bond donors (Lipinski definition) is 1. The number of anilines is 1. The first-order chi connectivity index (χ1) is 10.7.